The summed E-state index contributed by atoms with van der Waals surface area (Å²) >= 11 is 0. The van der Waals surface area contributed by atoms with E-state index in [9.17, 15) is 31.9 Å². The molecule has 0 fully saturated rings. The zero-order valence-electron chi connectivity index (χ0n) is 18.3. The molecule has 182 valence electrons. The van der Waals surface area contributed by atoms with Crippen LogP contribution in [0.1, 0.15) is 40.5 Å². The summed E-state index contributed by atoms with van der Waals surface area (Å²) in [6.45, 7) is 1.47. The second kappa shape index (κ2) is 9.36. The van der Waals surface area contributed by atoms with Crippen molar-refractivity contribution in [1.29, 1.82) is 0 Å². The number of benzene rings is 2. The van der Waals surface area contributed by atoms with Crippen molar-refractivity contribution in [3.05, 3.63) is 94.7 Å². The van der Waals surface area contributed by atoms with Crippen LogP contribution in [0.3, 0.4) is 0 Å². The van der Waals surface area contributed by atoms with Gasteiger partial charge in [-0.3, -0.25) is 0 Å². The normalized spacial score (nSPS) is 15.8. The van der Waals surface area contributed by atoms with Crippen molar-refractivity contribution in [2.24, 2.45) is 0 Å². The Balaban J connectivity index is 1.75. The number of hydrogen-bond donors (Lipinski definition) is 1. The first-order valence-corrected chi connectivity index (χ1v) is 10.5. The number of aromatic carboxylic acids is 1. The van der Waals surface area contributed by atoms with Gasteiger partial charge in [0.2, 0.25) is 0 Å². The second-order valence-electron chi connectivity index (χ2n) is 7.96. The van der Waals surface area contributed by atoms with E-state index in [0.717, 1.165) is 24.3 Å². The molecular formula is C25H19F5N2O3. The number of rotatable bonds is 6. The zero-order valence-corrected chi connectivity index (χ0v) is 18.3. The summed E-state index contributed by atoms with van der Waals surface area (Å²) < 4.78 is 73.6. The smallest absolute Gasteiger partial charge is 0.416 e. The summed E-state index contributed by atoms with van der Waals surface area (Å²) in [7, 11) is 0. The standard InChI is InChI=1S/C25H19F5N2O3/c1-14-5-9-21(32(14)23-4-2-3-20(31-23)24(33)34)18-11-16(25(28,29)30)7-10-22(18)35-13-15-6-8-17(26)12-19(15)27/h2-4,6-12,14H,5,13H2,1H3,(H,33,34). The molecule has 35 heavy (non-hydrogen) atoms. The maximum absolute atomic E-state index is 14.1. The monoisotopic (exact) mass is 490 g/mol. The Morgan fingerprint density at radius 1 is 1.14 bits per heavy atom. The van der Waals surface area contributed by atoms with Gasteiger partial charge in [0, 0.05) is 28.9 Å². The minimum atomic E-state index is -4.63. The molecule has 0 bridgehead atoms. The van der Waals surface area contributed by atoms with Crippen molar-refractivity contribution >= 4 is 17.5 Å². The molecule has 4 rings (SSSR count). The number of alkyl halides is 3. The average molecular weight is 490 g/mol. The molecule has 0 spiro atoms. The molecule has 2 aromatic carbocycles. The van der Waals surface area contributed by atoms with Crippen LogP contribution in [0.15, 0.2) is 60.7 Å². The van der Waals surface area contributed by atoms with Crippen LogP contribution in [0.2, 0.25) is 0 Å². The first-order chi connectivity index (χ1) is 16.5. The lowest BCUT2D eigenvalue weighted by Crippen LogP contribution is -2.28. The van der Waals surface area contributed by atoms with Gasteiger partial charge in [-0.15, -0.1) is 0 Å². The number of anilines is 1. The van der Waals surface area contributed by atoms with Crippen molar-refractivity contribution < 1.29 is 36.6 Å². The quantitative estimate of drug-likeness (QED) is 0.411. The molecule has 0 aliphatic carbocycles. The second-order valence-corrected chi connectivity index (χ2v) is 7.96. The first-order valence-electron chi connectivity index (χ1n) is 10.5. The maximum atomic E-state index is 14.1. The third kappa shape index (κ3) is 5.11. The summed E-state index contributed by atoms with van der Waals surface area (Å²) in [5.74, 6) is -2.56. The summed E-state index contributed by atoms with van der Waals surface area (Å²) in [5, 5.41) is 9.29. The number of hydrogen-bond acceptors (Lipinski definition) is 4. The molecule has 3 aromatic rings. The Labute approximate surface area is 197 Å². The van der Waals surface area contributed by atoms with E-state index in [1.807, 2.05) is 6.92 Å². The summed E-state index contributed by atoms with van der Waals surface area (Å²) in [6.07, 6.45) is -2.47. The molecule has 1 unspecified atom stereocenters. The average Bonchev–Trinajstić information content (AvgIpc) is 3.19. The molecule has 0 amide bonds. The number of ether oxygens (including phenoxy) is 1. The maximum Gasteiger partial charge on any atom is 0.416 e. The van der Waals surface area contributed by atoms with Crippen LogP contribution in [0, 0.1) is 11.6 Å². The van der Waals surface area contributed by atoms with Crippen molar-refractivity contribution in [3.63, 3.8) is 0 Å². The van der Waals surface area contributed by atoms with Crippen molar-refractivity contribution in [1.82, 2.24) is 4.98 Å². The highest BCUT2D eigenvalue weighted by molar-refractivity contribution is 5.88. The fraction of sp³-hybridized carbons (Fsp3) is 0.200. The van der Waals surface area contributed by atoms with Crippen molar-refractivity contribution in [2.45, 2.75) is 32.2 Å². The fourth-order valence-electron chi connectivity index (χ4n) is 3.82. The highest BCUT2D eigenvalue weighted by atomic mass is 19.4. The minimum Gasteiger partial charge on any atom is -0.488 e. The van der Waals surface area contributed by atoms with Crippen LogP contribution in [0.25, 0.3) is 5.70 Å². The van der Waals surface area contributed by atoms with E-state index in [1.165, 1.54) is 18.2 Å². The fourth-order valence-corrected chi connectivity index (χ4v) is 3.82. The Bertz CT molecular complexity index is 1310. The lowest BCUT2D eigenvalue weighted by atomic mass is 10.1. The summed E-state index contributed by atoms with van der Waals surface area (Å²) in [5.41, 5.74) is -0.685. The lowest BCUT2D eigenvalue weighted by molar-refractivity contribution is -0.137. The van der Waals surface area contributed by atoms with E-state index in [-0.39, 0.29) is 41.0 Å². The van der Waals surface area contributed by atoms with Gasteiger partial charge in [-0.25, -0.2) is 18.6 Å². The molecule has 1 N–H and O–H groups in total. The van der Waals surface area contributed by atoms with E-state index >= 15 is 0 Å². The van der Waals surface area contributed by atoms with Gasteiger partial charge in [0.05, 0.1) is 5.56 Å². The van der Waals surface area contributed by atoms with E-state index in [2.05, 4.69) is 4.98 Å². The zero-order chi connectivity index (χ0) is 25.3. The predicted octanol–water partition coefficient (Wildman–Crippen LogP) is 6.30. The van der Waals surface area contributed by atoms with Gasteiger partial charge in [-0.2, -0.15) is 13.2 Å². The molecule has 0 saturated carbocycles. The molecule has 1 aromatic heterocycles. The molecule has 1 aliphatic rings. The van der Waals surface area contributed by atoms with Gasteiger partial charge in [-0.05, 0) is 55.8 Å². The van der Waals surface area contributed by atoms with Crippen LogP contribution in [0.4, 0.5) is 27.8 Å². The van der Waals surface area contributed by atoms with Gasteiger partial charge < -0.3 is 14.7 Å². The number of halogens is 5. The van der Waals surface area contributed by atoms with E-state index < -0.39 is 29.3 Å². The van der Waals surface area contributed by atoms with E-state index in [1.54, 1.807) is 17.0 Å². The van der Waals surface area contributed by atoms with Gasteiger partial charge in [0.25, 0.3) is 0 Å². The lowest BCUT2D eigenvalue weighted by Gasteiger charge is -2.28. The van der Waals surface area contributed by atoms with Gasteiger partial charge in [0.15, 0.2) is 5.69 Å². The van der Waals surface area contributed by atoms with Crippen molar-refractivity contribution in [3.8, 4) is 5.75 Å². The van der Waals surface area contributed by atoms with Gasteiger partial charge in [-0.1, -0.05) is 12.1 Å². The van der Waals surface area contributed by atoms with E-state index in [0.29, 0.717) is 18.2 Å². The molecule has 1 aliphatic heterocycles. The third-order valence-electron chi connectivity index (χ3n) is 5.53. The number of carboxylic acids is 1. The van der Waals surface area contributed by atoms with Crippen LogP contribution in [-0.4, -0.2) is 22.1 Å². The third-order valence-corrected chi connectivity index (χ3v) is 5.53. The van der Waals surface area contributed by atoms with Crippen LogP contribution in [-0.2, 0) is 12.8 Å². The van der Waals surface area contributed by atoms with Gasteiger partial charge in [0.1, 0.15) is 29.8 Å². The molecule has 10 heteroatoms. The minimum absolute atomic E-state index is 0.0266. The SMILES string of the molecule is CC1CC=C(c2cc(C(F)(F)F)ccc2OCc2ccc(F)cc2F)N1c1cccc(C(=O)O)n1. The Morgan fingerprint density at radius 2 is 1.91 bits per heavy atom. The molecule has 2 heterocycles. The highest BCUT2D eigenvalue weighted by Crippen LogP contribution is 2.41. The molecule has 0 radical (unpaired) electrons. The Hall–Kier alpha value is -3.95. The van der Waals surface area contributed by atoms with Gasteiger partial charge >= 0.3 is 12.1 Å². The number of nitrogens with zero attached hydrogens (tertiary/aromatic N) is 2. The number of pyridine rings is 1. The highest BCUT2D eigenvalue weighted by Gasteiger charge is 2.34. The largest absolute Gasteiger partial charge is 0.488 e. The number of aromatic nitrogens is 1. The van der Waals surface area contributed by atoms with Crippen molar-refractivity contribution in [2.75, 3.05) is 4.90 Å². The Kier molecular flexibility index (Phi) is 6.47. The number of carboxylic acid groups (broad SMARTS) is 1. The Morgan fingerprint density at radius 3 is 2.60 bits per heavy atom. The van der Waals surface area contributed by atoms with Crippen LogP contribution >= 0.6 is 0 Å². The number of carbonyl (C=O) groups is 1. The molecular weight excluding hydrogens is 471 g/mol. The molecule has 1 atom stereocenters. The topological polar surface area (TPSA) is 62.7 Å². The van der Waals surface area contributed by atoms with Crippen LogP contribution < -0.4 is 9.64 Å². The predicted molar refractivity (Wildman–Crippen MR) is 118 cm³/mol. The molecule has 5 nitrogen and oxygen atoms in total. The summed E-state index contributed by atoms with van der Waals surface area (Å²) in [6, 6.07) is 9.99. The summed E-state index contributed by atoms with van der Waals surface area (Å²) in [4.78, 5) is 17.1. The first kappa shape index (κ1) is 24.2. The van der Waals surface area contributed by atoms with E-state index in [4.69, 9.17) is 4.74 Å². The molecule has 0 saturated heterocycles. The van der Waals surface area contributed by atoms with Crippen LogP contribution in [0.5, 0.6) is 5.75 Å².